The highest BCUT2D eigenvalue weighted by Gasteiger charge is 2.20. The van der Waals surface area contributed by atoms with Crippen LogP contribution < -0.4 is 14.8 Å². The van der Waals surface area contributed by atoms with Crippen LogP contribution in [0.2, 0.25) is 0 Å². The lowest BCUT2D eigenvalue weighted by Crippen LogP contribution is -2.27. The van der Waals surface area contributed by atoms with Gasteiger partial charge in [0.2, 0.25) is 0 Å². The molecule has 0 saturated carbocycles. The van der Waals surface area contributed by atoms with E-state index in [9.17, 15) is 4.79 Å². The highest BCUT2D eigenvalue weighted by molar-refractivity contribution is 6.00. The number of carbonyl (C=O) groups is 1. The topological polar surface area (TPSA) is 83.8 Å². The molecule has 0 aliphatic rings. The summed E-state index contributed by atoms with van der Waals surface area (Å²) in [5.41, 5.74) is 2.59. The number of ether oxygens (including phenoxy) is 4. The molecule has 0 aliphatic heterocycles. The lowest BCUT2D eigenvalue weighted by Gasteiger charge is -2.10. The van der Waals surface area contributed by atoms with E-state index in [0.29, 0.717) is 49.1 Å². The van der Waals surface area contributed by atoms with Crippen molar-refractivity contribution < 1.29 is 23.7 Å². The summed E-state index contributed by atoms with van der Waals surface area (Å²) in [6.07, 6.45) is 1.72. The number of amides is 1. The van der Waals surface area contributed by atoms with Crippen LogP contribution in [0, 0.1) is 0 Å². The summed E-state index contributed by atoms with van der Waals surface area (Å²) in [5, 5.41) is 7.57. The fourth-order valence-electron chi connectivity index (χ4n) is 3.03. The minimum atomic E-state index is -0.234. The summed E-state index contributed by atoms with van der Waals surface area (Å²) >= 11 is 0. The maximum absolute atomic E-state index is 12.9. The predicted molar refractivity (Wildman–Crippen MR) is 117 cm³/mol. The average Bonchev–Trinajstić information content (AvgIpc) is 3.27. The highest BCUT2D eigenvalue weighted by atomic mass is 16.5. The van der Waals surface area contributed by atoms with Crippen LogP contribution in [0.15, 0.2) is 54.7 Å². The molecular weight excluding hydrogens is 398 g/mol. The molecule has 3 rings (SSSR count). The van der Waals surface area contributed by atoms with Crippen molar-refractivity contribution in [3.05, 3.63) is 60.3 Å². The molecule has 1 amide bonds. The number of para-hydroxylation sites is 1. The second-order valence-electron chi connectivity index (χ2n) is 6.60. The first-order valence-electron chi connectivity index (χ1n) is 9.90. The minimum Gasteiger partial charge on any atom is -0.493 e. The van der Waals surface area contributed by atoms with E-state index in [1.165, 1.54) is 0 Å². The van der Waals surface area contributed by atoms with Crippen LogP contribution in [-0.4, -0.2) is 63.4 Å². The van der Waals surface area contributed by atoms with E-state index in [4.69, 9.17) is 18.9 Å². The molecule has 0 bridgehead atoms. The number of rotatable bonds is 11. The normalized spacial score (nSPS) is 10.7. The van der Waals surface area contributed by atoms with Crippen LogP contribution in [0.1, 0.15) is 10.4 Å². The van der Waals surface area contributed by atoms with Crippen molar-refractivity contribution in [2.75, 3.05) is 47.7 Å². The van der Waals surface area contributed by atoms with Gasteiger partial charge in [0.25, 0.3) is 5.91 Å². The molecule has 2 aromatic carbocycles. The molecule has 0 saturated heterocycles. The Morgan fingerprint density at radius 1 is 0.968 bits per heavy atom. The fraction of sp³-hybridized carbons (Fsp3) is 0.304. The van der Waals surface area contributed by atoms with E-state index >= 15 is 0 Å². The number of carbonyl (C=O) groups excluding carboxylic acids is 1. The average molecular weight is 425 g/mol. The molecule has 0 atom stereocenters. The Hall–Kier alpha value is -3.36. The second kappa shape index (κ2) is 11.1. The first-order chi connectivity index (χ1) is 15.2. The van der Waals surface area contributed by atoms with E-state index in [2.05, 4.69) is 10.4 Å². The fourth-order valence-corrected chi connectivity index (χ4v) is 3.03. The second-order valence-corrected chi connectivity index (χ2v) is 6.60. The van der Waals surface area contributed by atoms with Crippen molar-refractivity contribution in [3.8, 4) is 28.4 Å². The zero-order valence-corrected chi connectivity index (χ0v) is 18.0. The summed E-state index contributed by atoms with van der Waals surface area (Å²) in [6.45, 7) is 1.77. The Bertz CT molecular complexity index is 988. The third-order valence-corrected chi connectivity index (χ3v) is 4.60. The van der Waals surface area contributed by atoms with Crippen molar-refractivity contribution in [3.63, 3.8) is 0 Å². The summed E-state index contributed by atoms with van der Waals surface area (Å²) in [4.78, 5) is 12.9. The van der Waals surface area contributed by atoms with E-state index in [0.717, 1.165) is 11.3 Å². The summed E-state index contributed by atoms with van der Waals surface area (Å²) < 4.78 is 22.8. The smallest absolute Gasteiger partial charge is 0.255 e. The molecule has 31 heavy (non-hydrogen) atoms. The number of nitrogens with zero attached hydrogens (tertiary/aromatic N) is 2. The third-order valence-electron chi connectivity index (χ3n) is 4.60. The van der Waals surface area contributed by atoms with Crippen LogP contribution >= 0.6 is 0 Å². The van der Waals surface area contributed by atoms with E-state index in [1.807, 2.05) is 36.4 Å². The number of nitrogens with one attached hydrogen (secondary N) is 1. The lowest BCUT2D eigenvalue weighted by molar-refractivity contribution is 0.0693. The van der Waals surface area contributed by atoms with Gasteiger partial charge in [-0.15, -0.1) is 0 Å². The molecule has 8 nitrogen and oxygen atoms in total. The summed E-state index contributed by atoms with van der Waals surface area (Å²) in [5.74, 6) is 0.933. The van der Waals surface area contributed by atoms with Crippen molar-refractivity contribution in [2.24, 2.45) is 0 Å². The number of methoxy groups -OCH3 is 3. The number of hydrogen-bond acceptors (Lipinski definition) is 6. The first kappa shape index (κ1) is 22.3. The van der Waals surface area contributed by atoms with E-state index in [1.54, 1.807) is 44.3 Å². The molecule has 1 heterocycles. The Kier molecular flexibility index (Phi) is 8.03. The van der Waals surface area contributed by atoms with Gasteiger partial charge < -0.3 is 24.3 Å². The van der Waals surface area contributed by atoms with Crippen LogP contribution in [-0.2, 0) is 9.47 Å². The molecule has 1 N–H and O–H groups in total. The molecule has 3 aromatic rings. The van der Waals surface area contributed by atoms with Gasteiger partial charge in [0.05, 0.1) is 45.3 Å². The van der Waals surface area contributed by atoms with Gasteiger partial charge >= 0.3 is 0 Å². The van der Waals surface area contributed by atoms with Crippen molar-refractivity contribution in [2.45, 2.75) is 0 Å². The monoisotopic (exact) mass is 425 g/mol. The zero-order valence-electron chi connectivity index (χ0n) is 18.0. The highest BCUT2D eigenvalue weighted by Crippen LogP contribution is 2.33. The number of benzene rings is 2. The molecule has 0 fully saturated rings. The SMILES string of the molecule is COCCOCCNC(=O)c1cn(-c2ccccc2)nc1-c1ccc(OC)c(OC)c1. The van der Waals surface area contributed by atoms with Crippen LogP contribution in [0.25, 0.3) is 16.9 Å². The molecule has 1 aromatic heterocycles. The Morgan fingerprint density at radius 3 is 2.45 bits per heavy atom. The van der Waals surface area contributed by atoms with Gasteiger partial charge in [-0.3, -0.25) is 4.79 Å². The zero-order chi connectivity index (χ0) is 22.1. The molecular formula is C23H27N3O5. The Labute approximate surface area is 181 Å². The van der Waals surface area contributed by atoms with Crippen LogP contribution in [0.3, 0.4) is 0 Å². The minimum absolute atomic E-state index is 0.234. The number of hydrogen-bond donors (Lipinski definition) is 1. The summed E-state index contributed by atoms with van der Waals surface area (Å²) in [6, 6.07) is 15.1. The molecule has 0 spiro atoms. The first-order valence-corrected chi connectivity index (χ1v) is 9.90. The molecule has 164 valence electrons. The third kappa shape index (κ3) is 5.62. The summed E-state index contributed by atoms with van der Waals surface area (Å²) in [7, 11) is 4.77. The Morgan fingerprint density at radius 2 is 1.74 bits per heavy atom. The Balaban J connectivity index is 1.88. The molecule has 8 heteroatoms. The number of aromatic nitrogens is 2. The molecule has 0 aliphatic carbocycles. The van der Waals surface area contributed by atoms with Gasteiger partial charge in [-0.1, -0.05) is 18.2 Å². The van der Waals surface area contributed by atoms with Gasteiger partial charge in [-0.05, 0) is 30.3 Å². The maximum Gasteiger partial charge on any atom is 0.255 e. The quantitative estimate of drug-likeness (QED) is 0.476. The van der Waals surface area contributed by atoms with Crippen molar-refractivity contribution in [1.29, 1.82) is 0 Å². The van der Waals surface area contributed by atoms with E-state index in [-0.39, 0.29) is 5.91 Å². The molecule has 0 unspecified atom stereocenters. The lowest BCUT2D eigenvalue weighted by atomic mass is 10.1. The van der Waals surface area contributed by atoms with Gasteiger partial charge in [0.1, 0.15) is 5.69 Å². The van der Waals surface area contributed by atoms with Gasteiger partial charge in [0.15, 0.2) is 11.5 Å². The van der Waals surface area contributed by atoms with Gasteiger partial charge in [0, 0.05) is 25.4 Å². The standard InChI is InChI=1S/C23H27N3O5/c1-28-13-14-31-12-11-24-23(27)19-16-26(18-7-5-4-6-8-18)25-22(19)17-9-10-20(29-2)21(15-17)30-3/h4-10,15-16H,11-14H2,1-3H3,(H,24,27). The molecule has 0 radical (unpaired) electrons. The van der Waals surface area contributed by atoms with E-state index < -0.39 is 0 Å². The van der Waals surface area contributed by atoms with Gasteiger partial charge in [-0.25, -0.2) is 4.68 Å². The largest absolute Gasteiger partial charge is 0.493 e. The van der Waals surface area contributed by atoms with Crippen molar-refractivity contribution >= 4 is 5.91 Å². The van der Waals surface area contributed by atoms with Crippen molar-refractivity contribution in [1.82, 2.24) is 15.1 Å². The predicted octanol–water partition coefficient (Wildman–Crippen LogP) is 2.95. The van der Waals surface area contributed by atoms with Crippen LogP contribution in [0.4, 0.5) is 0 Å². The maximum atomic E-state index is 12.9. The van der Waals surface area contributed by atoms with Gasteiger partial charge in [-0.2, -0.15) is 5.10 Å². The van der Waals surface area contributed by atoms with Crippen LogP contribution in [0.5, 0.6) is 11.5 Å².